The number of rotatable bonds is 8. The molecule has 1 aromatic carbocycles. The predicted molar refractivity (Wildman–Crippen MR) is 101 cm³/mol. The van der Waals surface area contributed by atoms with E-state index in [9.17, 15) is 14.0 Å². The summed E-state index contributed by atoms with van der Waals surface area (Å²) in [5, 5.41) is 7.63. The average Bonchev–Trinajstić information content (AvgIpc) is 3.38. The first-order valence-electron chi connectivity index (χ1n) is 8.53. The minimum absolute atomic E-state index is 0.134. The Labute approximate surface area is 160 Å². The quantitative estimate of drug-likeness (QED) is 0.577. The molecular formula is C20H19FN2O3S. The van der Waals surface area contributed by atoms with Crippen LogP contribution in [0.1, 0.15) is 39.9 Å². The van der Waals surface area contributed by atoms with Crippen molar-refractivity contribution in [2.75, 3.05) is 6.54 Å². The van der Waals surface area contributed by atoms with Gasteiger partial charge in [-0.25, -0.2) is 4.39 Å². The van der Waals surface area contributed by atoms with Crippen LogP contribution in [0.3, 0.4) is 0 Å². The van der Waals surface area contributed by atoms with Crippen molar-refractivity contribution in [2.24, 2.45) is 0 Å². The van der Waals surface area contributed by atoms with E-state index >= 15 is 0 Å². The number of benzene rings is 1. The summed E-state index contributed by atoms with van der Waals surface area (Å²) in [4.78, 5) is 25.1. The third kappa shape index (κ3) is 5.27. The van der Waals surface area contributed by atoms with Gasteiger partial charge in [-0.1, -0.05) is 18.2 Å². The summed E-state index contributed by atoms with van der Waals surface area (Å²) in [6.07, 6.45) is 2.20. The Morgan fingerprint density at radius 3 is 2.59 bits per heavy atom. The lowest BCUT2D eigenvalue weighted by molar-refractivity contribution is -0.121. The summed E-state index contributed by atoms with van der Waals surface area (Å²) in [6, 6.07) is 12.8. The smallest absolute Gasteiger partial charge is 0.286 e. The lowest BCUT2D eigenvalue weighted by Crippen LogP contribution is -2.30. The molecular weight excluding hydrogens is 367 g/mol. The number of carbonyl (C=O) groups excluding carboxylic acids is 2. The van der Waals surface area contributed by atoms with E-state index in [1.165, 1.54) is 29.7 Å². The molecule has 140 valence electrons. The number of carbonyl (C=O) groups is 2. The molecule has 2 N–H and O–H groups in total. The van der Waals surface area contributed by atoms with Crippen LogP contribution in [0.25, 0.3) is 0 Å². The highest BCUT2D eigenvalue weighted by Crippen LogP contribution is 2.26. The van der Waals surface area contributed by atoms with E-state index in [-0.39, 0.29) is 35.9 Å². The molecule has 1 atom stereocenters. The minimum Gasteiger partial charge on any atom is -0.459 e. The Hall–Kier alpha value is -2.93. The molecule has 1 unspecified atom stereocenters. The Kier molecular flexibility index (Phi) is 6.38. The standard InChI is InChI=1S/C20H19FN2O3S/c21-15-9-7-14(8-10-15)19(17-5-3-13-27-17)23-18(24)6-1-11-22-20(25)16-4-2-12-26-16/h2-5,7-10,12-13,19H,1,6,11H2,(H,22,25)(H,23,24). The number of thiophene rings is 1. The van der Waals surface area contributed by atoms with Gasteiger partial charge in [0.25, 0.3) is 5.91 Å². The molecule has 0 aliphatic carbocycles. The molecule has 0 saturated carbocycles. The van der Waals surface area contributed by atoms with Crippen molar-refractivity contribution in [3.05, 3.63) is 82.2 Å². The first-order valence-corrected chi connectivity index (χ1v) is 9.41. The fourth-order valence-electron chi connectivity index (χ4n) is 2.61. The minimum atomic E-state index is -0.323. The number of hydrogen-bond acceptors (Lipinski definition) is 4. The zero-order valence-electron chi connectivity index (χ0n) is 14.5. The Morgan fingerprint density at radius 1 is 1.11 bits per heavy atom. The van der Waals surface area contributed by atoms with Crippen LogP contribution in [-0.2, 0) is 4.79 Å². The van der Waals surface area contributed by atoms with E-state index in [0.717, 1.165) is 10.4 Å². The molecule has 2 aromatic heterocycles. The van der Waals surface area contributed by atoms with E-state index < -0.39 is 0 Å². The highest BCUT2D eigenvalue weighted by atomic mass is 32.1. The van der Waals surface area contributed by atoms with Crippen LogP contribution in [0.5, 0.6) is 0 Å². The van der Waals surface area contributed by atoms with Crippen LogP contribution in [0, 0.1) is 5.82 Å². The molecule has 0 saturated heterocycles. The monoisotopic (exact) mass is 386 g/mol. The molecule has 0 aliphatic rings. The molecule has 7 heteroatoms. The fraction of sp³-hybridized carbons (Fsp3) is 0.200. The van der Waals surface area contributed by atoms with Crippen LogP contribution in [0.4, 0.5) is 4.39 Å². The zero-order chi connectivity index (χ0) is 19.1. The first-order chi connectivity index (χ1) is 13.1. The summed E-state index contributed by atoms with van der Waals surface area (Å²) in [5.74, 6) is -0.510. The second-order valence-electron chi connectivity index (χ2n) is 5.90. The van der Waals surface area contributed by atoms with Crippen molar-refractivity contribution in [3.63, 3.8) is 0 Å². The van der Waals surface area contributed by atoms with Gasteiger partial charge in [0.05, 0.1) is 12.3 Å². The Morgan fingerprint density at radius 2 is 1.93 bits per heavy atom. The van der Waals surface area contributed by atoms with Gasteiger partial charge in [0.1, 0.15) is 5.82 Å². The Balaban J connectivity index is 1.52. The largest absolute Gasteiger partial charge is 0.459 e. The van der Waals surface area contributed by atoms with E-state index in [2.05, 4.69) is 10.6 Å². The van der Waals surface area contributed by atoms with E-state index in [1.54, 1.807) is 24.3 Å². The van der Waals surface area contributed by atoms with Crippen molar-refractivity contribution < 1.29 is 18.4 Å². The average molecular weight is 386 g/mol. The fourth-order valence-corrected chi connectivity index (χ4v) is 3.41. The zero-order valence-corrected chi connectivity index (χ0v) is 15.3. The summed E-state index contributed by atoms with van der Waals surface area (Å²) >= 11 is 1.53. The summed E-state index contributed by atoms with van der Waals surface area (Å²) in [7, 11) is 0. The van der Waals surface area contributed by atoms with Crippen molar-refractivity contribution in [1.82, 2.24) is 10.6 Å². The van der Waals surface area contributed by atoms with Crippen LogP contribution in [0.15, 0.2) is 64.6 Å². The van der Waals surface area contributed by atoms with Gasteiger partial charge in [-0.05, 0) is 47.7 Å². The summed E-state index contributed by atoms with van der Waals surface area (Å²) in [5.41, 5.74) is 0.818. The van der Waals surface area contributed by atoms with Gasteiger partial charge in [-0.15, -0.1) is 11.3 Å². The molecule has 2 heterocycles. The maximum absolute atomic E-state index is 13.2. The molecule has 0 aliphatic heterocycles. The maximum Gasteiger partial charge on any atom is 0.286 e. The third-order valence-electron chi connectivity index (χ3n) is 3.95. The van der Waals surface area contributed by atoms with Crippen LogP contribution in [-0.4, -0.2) is 18.4 Å². The van der Waals surface area contributed by atoms with Gasteiger partial charge in [-0.3, -0.25) is 9.59 Å². The van der Waals surface area contributed by atoms with Gasteiger partial charge in [-0.2, -0.15) is 0 Å². The topological polar surface area (TPSA) is 71.3 Å². The van der Waals surface area contributed by atoms with Crippen molar-refractivity contribution >= 4 is 23.2 Å². The molecule has 0 spiro atoms. The van der Waals surface area contributed by atoms with E-state index in [1.807, 2.05) is 17.5 Å². The molecule has 0 radical (unpaired) electrons. The van der Waals surface area contributed by atoms with Gasteiger partial charge < -0.3 is 15.1 Å². The molecule has 27 heavy (non-hydrogen) atoms. The lowest BCUT2D eigenvalue weighted by Gasteiger charge is -2.18. The Bertz CT molecular complexity index is 861. The highest BCUT2D eigenvalue weighted by molar-refractivity contribution is 7.10. The molecule has 5 nitrogen and oxygen atoms in total. The SMILES string of the molecule is O=C(CCCNC(=O)c1ccco1)NC(c1ccc(F)cc1)c1cccs1. The number of hydrogen-bond donors (Lipinski definition) is 2. The van der Waals surface area contributed by atoms with Gasteiger partial charge in [0.15, 0.2) is 5.76 Å². The summed E-state index contributed by atoms with van der Waals surface area (Å²) < 4.78 is 18.2. The first kappa shape index (κ1) is 18.8. The molecule has 3 aromatic rings. The normalized spacial score (nSPS) is 11.7. The highest BCUT2D eigenvalue weighted by Gasteiger charge is 2.18. The van der Waals surface area contributed by atoms with Gasteiger partial charge in [0, 0.05) is 17.8 Å². The molecule has 0 bridgehead atoms. The molecule has 0 fully saturated rings. The van der Waals surface area contributed by atoms with Crippen LogP contribution in [0.2, 0.25) is 0 Å². The van der Waals surface area contributed by atoms with Crippen LogP contribution < -0.4 is 10.6 Å². The number of halogens is 1. The number of amides is 2. The second-order valence-corrected chi connectivity index (χ2v) is 6.88. The van der Waals surface area contributed by atoms with Crippen LogP contribution >= 0.6 is 11.3 Å². The van der Waals surface area contributed by atoms with Crippen molar-refractivity contribution in [3.8, 4) is 0 Å². The van der Waals surface area contributed by atoms with E-state index in [4.69, 9.17) is 4.42 Å². The predicted octanol–water partition coefficient (Wildman–Crippen LogP) is 3.90. The van der Waals surface area contributed by atoms with Gasteiger partial charge in [0.2, 0.25) is 5.91 Å². The molecule has 2 amide bonds. The maximum atomic E-state index is 13.2. The van der Waals surface area contributed by atoms with Gasteiger partial charge >= 0.3 is 0 Å². The summed E-state index contributed by atoms with van der Waals surface area (Å²) in [6.45, 7) is 0.368. The molecule has 3 rings (SSSR count). The second kappa shape index (κ2) is 9.14. The third-order valence-corrected chi connectivity index (χ3v) is 4.88. The van der Waals surface area contributed by atoms with E-state index in [0.29, 0.717) is 13.0 Å². The van der Waals surface area contributed by atoms with Crippen molar-refractivity contribution in [1.29, 1.82) is 0 Å². The number of furan rings is 1. The lowest BCUT2D eigenvalue weighted by atomic mass is 10.0. The van der Waals surface area contributed by atoms with Crippen molar-refractivity contribution in [2.45, 2.75) is 18.9 Å². The number of nitrogens with one attached hydrogen (secondary N) is 2.